The molecule has 0 aromatic heterocycles. The first-order valence-electron chi connectivity index (χ1n) is 10.0. The molecule has 5 atom stereocenters. The van der Waals surface area contributed by atoms with Crippen LogP contribution in [0.1, 0.15) is 56.4 Å². The number of ether oxygens (including phenoxy) is 1. The summed E-state index contributed by atoms with van der Waals surface area (Å²) in [6, 6.07) is 14.3. The summed E-state index contributed by atoms with van der Waals surface area (Å²) in [6.45, 7) is 10.7. The second-order valence-electron chi connectivity index (χ2n) is 8.24. The van der Waals surface area contributed by atoms with Gasteiger partial charge in [-0.25, -0.2) is 0 Å². The summed E-state index contributed by atoms with van der Waals surface area (Å²) >= 11 is 6.48. The van der Waals surface area contributed by atoms with E-state index < -0.39 is 5.79 Å². The third-order valence-electron chi connectivity index (χ3n) is 6.53. The van der Waals surface area contributed by atoms with Crippen LogP contribution in [0, 0.1) is 24.7 Å². The molecule has 0 bridgehead atoms. The van der Waals surface area contributed by atoms with E-state index in [2.05, 4.69) is 58.9 Å². The highest BCUT2D eigenvalue weighted by atomic mass is 35.5. The van der Waals surface area contributed by atoms with Crippen molar-refractivity contribution in [2.75, 3.05) is 0 Å². The van der Waals surface area contributed by atoms with Crippen LogP contribution in [0.2, 0.25) is 5.02 Å². The second kappa shape index (κ2) is 7.95. The van der Waals surface area contributed by atoms with Crippen LogP contribution in [0.3, 0.4) is 0 Å². The number of benzene rings is 2. The zero-order valence-electron chi connectivity index (χ0n) is 17.0. The van der Waals surface area contributed by atoms with Crippen LogP contribution >= 0.6 is 11.6 Å². The fourth-order valence-corrected chi connectivity index (χ4v) is 4.42. The molecule has 146 valence electrons. The van der Waals surface area contributed by atoms with Crippen LogP contribution in [0.15, 0.2) is 42.5 Å². The van der Waals surface area contributed by atoms with E-state index in [9.17, 15) is 5.11 Å². The Bertz CT molecular complexity index is 783. The van der Waals surface area contributed by atoms with Gasteiger partial charge in [-0.05, 0) is 54.9 Å². The van der Waals surface area contributed by atoms with E-state index in [0.29, 0.717) is 11.8 Å². The van der Waals surface area contributed by atoms with Crippen molar-refractivity contribution in [3.8, 4) is 0 Å². The lowest BCUT2D eigenvalue weighted by molar-refractivity contribution is -0.316. The molecule has 0 saturated carbocycles. The molecule has 1 heterocycles. The third kappa shape index (κ3) is 3.94. The normalized spacial score (nSPS) is 31.1. The smallest absolute Gasteiger partial charge is 0.195 e. The molecule has 2 aromatic rings. The van der Waals surface area contributed by atoms with Crippen LogP contribution in [0.5, 0.6) is 0 Å². The summed E-state index contributed by atoms with van der Waals surface area (Å²) in [4.78, 5) is 0. The Hall–Kier alpha value is -1.35. The lowest BCUT2D eigenvalue weighted by Gasteiger charge is -2.49. The molecular formula is C24H31ClO2. The van der Waals surface area contributed by atoms with Gasteiger partial charge in [0.05, 0.1) is 6.10 Å². The summed E-state index contributed by atoms with van der Waals surface area (Å²) < 4.78 is 6.28. The van der Waals surface area contributed by atoms with Crippen LogP contribution < -0.4 is 0 Å². The van der Waals surface area contributed by atoms with E-state index in [4.69, 9.17) is 16.3 Å². The molecule has 0 radical (unpaired) electrons. The number of halogens is 1. The van der Waals surface area contributed by atoms with E-state index in [-0.39, 0.29) is 12.0 Å². The van der Waals surface area contributed by atoms with Crippen molar-refractivity contribution in [1.29, 1.82) is 0 Å². The van der Waals surface area contributed by atoms with Crippen LogP contribution in [-0.2, 0) is 16.9 Å². The zero-order chi connectivity index (χ0) is 19.8. The molecule has 0 spiro atoms. The van der Waals surface area contributed by atoms with Crippen LogP contribution in [-0.4, -0.2) is 11.2 Å². The van der Waals surface area contributed by atoms with Gasteiger partial charge >= 0.3 is 0 Å². The van der Waals surface area contributed by atoms with E-state index in [1.165, 1.54) is 11.1 Å². The number of aryl methyl sites for hydroxylation is 1. The Morgan fingerprint density at radius 2 is 1.70 bits per heavy atom. The van der Waals surface area contributed by atoms with E-state index in [1.807, 2.05) is 18.2 Å². The lowest BCUT2D eigenvalue weighted by atomic mass is 9.72. The number of hydrogen-bond donors (Lipinski definition) is 1. The topological polar surface area (TPSA) is 29.5 Å². The van der Waals surface area contributed by atoms with Gasteiger partial charge in [-0.3, -0.25) is 0 Å². The van der Waals surface area contributed by atoms with Crippen molar-refractivity contribution in [1.82, 2.24) is 0 Å². The standard InChI is InChI=1S/C24H31ClO2/c1-6-23-17(4)16(3)18(5)24(26,27-23)21-11-12-22(25)20(14-21)13-19-9-7-15(2)8-10-19/h7-12,14,16-18,23,26H,6,13H2,1-5H3/t16-,17-,18+,23+,24?/m0/s1. The molecule has 27 heavy (non-hydrogen) atoms. The molecule has 1 fully saturated rings. The Morgan fingerprint density at radius 1 is 1.04 bits per heavy atom. The largest absolute Gasteiger partial charge is 0.362 e. The summed E-state index contributed by atoms with van der Waals surface area (Å²) in [6.07, 6.45) is 1.68. The lowest BCUT2D eigenvalue weighted by Crippen LogP contribution is -2.51. The van der Waals surface area contributed by atoms with Gasteiger partial charge in [0.15, 0.2) is 5.79 Å². The number of aliphatic hydroxyl groups is 1. The van der Waals surface area contributed by atoms with Gasteiger partial charge < -0.3 is 9.84 Å². The highest BCUT2D eigenvalue weighted by Crippen LogP contribution is 2.46. The minimum atomic E-state index is -1.28. The predicted molar refractivity (Wildman–Crippen MR) is 112 cm³/mol. The average Bonchev–Trinajstić information content (AvgIpc) is 2.66. The van der Waals surface area contributed by atoms with Gasteiger partial charge in [-0.15, -0.1) is 0 Å². The van der Waals surface area contributed by atoms with Crippen LogP contribution in [0.25, 0.3) is 0 Å². The minimum absolute atomic E-state index is 0.00343. The maximum atomic E-state index is 11.6. The molecule has 1 unspecified atom stereocenters. The van der Waals surface area contributed by atoms with Crippen molar-refractivity contribution in [2.45, 2.75) is 59.4 Å². The van der Waals surface area contributed by atoms with Crippen molar-refractivity contribution in [3.05, 3.63) is 69.7 Å². The van der Waals surface area contributed by atoms with Gasteiger partial charge in [-0.2, -0.15) is 0 Å². The molecule has 3 rings (SSSR count). The number of hydrogen-bond acceptors (Lipinski definition) is 2. The first-order valence-corrected chi connectivity index (χ1v) is 10.4. The molecule has 0 aliphatic carbocycles. The molecule has 2 nitrogen and oxygen atoms in total. The molecule has 1 N–H and O–H groups in total. The van der Waals surface area contributed by atoms with Gasteiger partial charge in [0.1, 0.15) is 0 Å². The van der Waals surface area contributed by atoms with Crippen LogP contribution in [0.4, 0.5) is 0 Å². The fraction of sp³-hybridized carbons (Fsp3) is 0.500. The quantitative estimate of drug-likeness (QED) is 0.687. The van der Waals surface area contributed by atoms with E-state index in [1.54, 1.807) is 0 Å². The summed E-state index contributed by atoms with van der Waals surface area (Å²) in [5, 5.41) is 12.3. The number of rotatable bonds is 4. The molecule has 1 aliphatic heterocycles. The summed E-state index contributed by atoms with van der Waals surface area (Å²) in [5.74, 6) is -0.489. The van der Waals surface area contributed by atoms with Gasteiger partial charge in [0.2, 0.25) is 0 Å². The fourth-order valence-electron chi connectivity index (χ4n) is 4.24. The summed E-state index contributed by atoms with van der Waals surface area (Å²) in [7, 11) is 0. The van der Waals surface area contributed by atoms with Gasteiger partial charge in [-0.1, -0.05) is 75.2 Å². The van der Waals surface area contributed by atoms with E-state index >= 15 is 0 Å². The minimum Gasteiger partial charge on any atom is -0.362 e. The van der Waals surface area contributed by atoms with Crippen molar-refractivity contribution < 1.29 is 9.84 Å². The third-order valence-corrected chi connectivity index (χ3v) is 6.90. The SMILES string of the molecule is CC[C@H]1OC(O)(c2ccc(Cl)c(Cc3ccc(C)cc3)c2)[C@H](C)[C@@H](C)[C@@H]1C. The van der Waals surface area contributed by atoms with E-state index in [0.717, 1.165) is 29.0 Å². The van der Waals surface area contributed by atoms with Crippen molar-refractivity contribution in [2.24, 2.45) is 17.8 Å². The van der Waals surface area contributed by atoms with Crippen molar-refractivity contribution in [3.63, 3.8) is 0 Å². The molecule has 1 aliphatic rings. The maximum absolute atomic E-state index is 11.6. The predicted octanol–water partition coefficient (Wildman–Crippen LogP) is 6.10. The Balaban J connectivity index is 1.95. The highest BCUT2D eigenvalue weighted by molar-refractivity contribution is 6.31. The van der Waals surface area contributed by atoms with Gasteiger partial charge in [0, 0.05) is 16.5 Å². The average molecular weight is 387 g/mol. The molecular weight excluding hydrogens is 356 g/mol. The van der Waals surface area contributed by atoms with Crippen molar-refractivity contribution >= 4 is 11.6 Å². The second-order valence-corrected chi connectivity index (χ2v) is 8.64. The monoisotopic (exact) mass is 386 g/mol. The first kappa shape index (κ1) is 20.4. The Morgan fingerprint density at radius 3 is 2.33 bits per heavy atom. The van der Waals surface area contributed by atoms with Gasteiger partial charge in [0.25, 0.3) is 0 Å². The Kier molecular flexibility index (Phi) is 6.00. The molecule has 3 heteroatoms. The molecule has 0 amide bonds. The Labute approximate surface area is 168 Å². The maximum Gasteiger partial charge on any atom is 0.195 e. The zero-order valence-corrected chi connectivity index (χ0v) is 17.8. The summed E-state index contributed by atoms with van der Waals surface area (Å²) in [5.41, 5.74) is 4.27. The molecule has 2 aromatic carbocycles. The highest BCUT2D eigenvalue weighted by Gasteiger charge is 2.49. The molecule has 1 saturated heterocycles. The first-order chi connectivity index (χ1) is 12.8.